The van der Waals surface area contributed by atoms with Crippen LogP contribution in [0.15, 0.2) is 22.9 Å². The maximum atomic E-state index is 12.0. The molecule has 0 saturated carbocycles. The van der Waals surface area contributed by atoms with Crippen molar-refractivity contribution in [1.29, 1.82) is 0 Å². The molecular formula is C14H18BrN3O3. The molecular weight excluding hydrogens is 338 g/mol. The van der Waals surface area contributed by atoms with E-state index in [0.717, 1.165) is 4.47 Å². The molecule has 1 aliphatic heterocycles. The number of hydrogen-bond donors (Lipinski definition) is 1. The van der Waals surface area contributed by atoms with Crippen molar-refractivity contribution in [2.24, 2.45) is 5.92 Å². The van der Waals surface area contributed by atoms with Crippen LogP contribution >= 0.6 is 15.9 Å². The van der Waals surface area contributed by atoms with Gasteiger partial charge in [0.15, 0.2) is 0 Å². The van der Waals surface area contributed by atoms with Crippen molar-refractivity contribution in [1.82, 2.24) is 9.88 Å². The van der Waals surface area contributed by atoms with E-state index in [-0.39, 0.29) is 17.9 Å². The summed E-state index contributed by atoms with van der Waals surface area (Å²) in [5.74, 6) is -0.328. The van der Waals surface area contributed by atoms with Gasteiger partial charge in [-0.25, -0.2) is 4.79 Å². The Morgan fingerprint density at radius 2 is 2.05 bits per heavy atom. The summed E-state index contributed by atoms with van der Waals surface area (Å²) < 4.78 is 6.04. The third kappa shape index (κ3) is 4.42. The number of rotatable bonds is 2. The first-order valence-electron chi connectivity index (χ1n) is 6.64. The molecule has 6 nitrogen and oxygen atoms in total. The monoisotopic (exact) mass is 355 g/mol. The Hall–Kier alpha value is -1.63. The van der Waals surface area contributed by atoms with E-state index in [1.54, 1.807) is 18.5 Å². The Balaban J connectivity index is 1.81. The maximum Gasteiger partial charge on any atom is 0.410 e. The normalized spacial score (nSPS) is 15.3. The highest BCUT2D eigenvalue weighted by molar-refractivity contribution is 9.10. The molecule has 1 aromatic heterocycles. The summed E-state index contributed by atoms with van der Waals surface area (Å²) >= 11 is 3.29. The number of nitrogens with zero attached hydrogens (tertiary/aromatic N) is 2. The quantitative estimate of drug-likeness (QED) is 0.884. The Kier molecular flexibility index (Phi) is 4.51. The number of ether oxygens (including phenoxy) is 1. The molecule has 2 rings (SSSR count). The lowest BCUT2D eigenvalue weighted by atomic mass is 10.00. The van der Waals surface area contributed by atoms with E-state index in [0.29, 0.717) is 18.8 Å². The Morgan fingerprint density at radius 3 is 2.62 bits per heavy atom. The number of hydrogen-bond acceptors (Lipinski definition) is 4. The van der Waals surface area contributed by atoms with Crippen molar-refractivity contribution in [3.63, 3.8) is 0 Å². The first-order valence-corrected chi connectivity index (χ1v) is 7.43. The Labute approximate surface area is 132 Å². The largest absolute Gasteiger partial charge is 0.444 e. The van der Waals surface area contributed by atoms with Crippen LogP contribution in [0.4, 0.5) is 10.5 Å². The number of nitrogens with one attached hydrogen (secondary N) is 1. The molecule has 114 valence electrons. The Bertz CT molecular complexity index is 551. The van der Waals surface area contributed by atoms with Gasteiger partial charge in [-0.3, -0.25) is 9.78 Å². The van der Waals surface area contributed by atoms with Gasteiger partial charge in [-0.05, 0) is 42.8 Å². The van der Waals surface area contributed by atoms with Gasteiger partial charge in [0, 0.05) is 23.8 Å². The summed E-state index contributed by atoms with van der Waals surface area (Å²) in [5, 5.41) is 2.78. The average Bonchev–Trinajstić information content (AvgIpc) is 2.23. The molecule has 0 aliphatic carbocycles. The van der Waals surface area contributed by atoms with Gasteiger partial charge >= 0.3 is 6.09 Å². The third-order valence-corrected chi connectivity index (χ3v) is 3.31. The maximum absolute atomic E-state index is 12.0. The molecule has 1 aliphatic rings. The second kappa shape index (κ2) is 6.01. The van der Waals surface area contributed by atoms with E-state index in [2.05, 4.69) is 26.2 Å². The molecule has 1 fully saturated rings. The van der Waals surface area contributed by atoms with Gasteiger partial charge in [0.05, 0.1) is 17.8 Å². The minimum absolute atomic E-state index is 0.116. The molecule has 0 aromatic carbocycles. The van der Waals surface area contributed by atoms with Crippen molar-refractivity contribution in [2.45, 2.75) is 26.4 Å². The fourth-order valence-corrected chi connectivity index (χ4v) is 2.21. The van der Waals surface area contributed by atoms with Gasteiger partial charge in [-0.1, -0.05) is 0 Å². The molecule has 0 unspecified atom stereocenters. The van der Waals surface area contributed by atoms with Crippen LogP contribution < -0.4 is 5.32 Å². The molecule has 1 N–H and O–H groups in total. The zero-order valence-electron chi connectivity index (χ0n) is 12.2. The van der Waals surface area contributed by atoms with Crippen LogP contribution in [-0.4, -0.2) is 40.6 Å². The molecule has 1 saturated heterocycles. The van der Waals surface area contributed by atoms with Gasteiger partial charge in [-0.15, -0.1) is 0 Å². The van der Waals surface area contributed by atoms with Gasteiger partial charge in [0.2, 0.25) is 5.91 Å². The van der Waals surface area contributed by atoms with E-state index in [1.165, 1.54) is 4.90 Å². The summed E-state index contributed by atoms with van der Waals surface area (Å²) in [6.07, 6.45) is 2.84. The van der Waals surface area contributed by atoms with Gasteiger partial charge < -0.3 is 15.0 Å². The number of anilines is 1. The highest BCUT2D eigenvalue weighted by Gasteiger charge is 2.37. The van der Waals surface area contributed by atoms with Crippen LogP contribution in [0.2, 0.25) is 0 Å². The molecule has 1 aromatic rings. The molecule has 0 radical (unpaired) electrons. The lowest BCUT2D eigenvalue weighted by Crippen LogP contribution is -2.55. The van der Waals surface area contributed by atoms with E-state index < -0.39 is 5.60 Å². The zero-order chi connectivity index (χ0) is 15.6. The third-order valence-electron chi connectivity index (χ3n) is 2.88. The van der Waals surface area contributed by atoms with E-state index in [9.17, 15) is 9.59 Å². The average molecular weight is 356 g/mol. The number of halogens is 1. The van der Waals surface area contributed by atoms with Crippen molar-refractivity contribution in [2.75, 3.05) is 18.4 Å². The molecule has 7 heteroatoms. The SMILES string of the molecule is CC(C)(C)OC(=O)N1CC(C(=O)Nc2cncc(Br)c2)C1. The highest BCUT2D eigenvalue weighted by Crippen LogP contribution is 2.21. The summed E-state index contributed by atoms with van der Waals surface area (Å²) in [4.78, 5) is 29.3. The summed E-state index contributed by atoms with van der Waals surface area (Å²) in [5.41, 5.74) is 0.108. The minimum Gasteiger partial charge on any atom is -0.444 e. The summed E-state index contributed by atoms with van der Waals surface area (Å²) in [6.45, 7) is 6.20. The smallest absolute Gasteiger partial charge is 0.410 e. The number of aromatic nitrogens is 1. The van der Waals surface area contributed by atoms with Crippen molar-refractivity contribution in [3.05, 3.63) is 22.9 Å². The first kappa shape index (κ1) is 15.8. The van der Waals surface area contributed by atoms with Crippen LogP contribution in [0, 0.1) is 5.92 Å². The molecule has 0 atom stereocenters. The van der Waals surface area contributed by atoms with Crippen LogP contribution in [0.25, 0.3) is 0 Å². The van der Waals surface area contributed by atoms with Crippen LogP contribution in [0.3, 0.4) is 0 Å². The first-order chi connectivity index (χ1) is 9.74. The second-order valence-corrected chi connectivity index (χ2v) is 6.88. The van der Waals surface area contributed by atoms with Crippen molar-refractivity contribution >= 4 is 33.6 Å². The number of amides is 2. The van der Waals surface area contributed by atoms with Crippen LogP contribution in [0.5, 0.6) is 0 Å². The molecule has 0 spiro atoms. The van der Waals surface area contributed by atoms with Crippen LogP contribution in [-0.2, 0) is 9.53 Å². The predicted molar refractivity (Wildman–Crippen MR) is 81.9 cm³/mol. The fourth-order valence-electron chi connectivity index (χ4n) is 1.84. The topological polar surface area (TPSA) is 71.5 Å². The lowest BCUT2D eigenvalue weighted by Gasteiger charge is -2.38. The standard InChI is InChI=1S/C14H18BrN3O3/c1-14(2,3)21-13(20)18-7-9(8-18)12(19)17-11-4-10(15)5-16-6-11/h4-6,9H,7-8H2,1-3H3,(H,17,19). The molecule has 21 heavy (non-hydrogen) atoms. The minimum atomic E-state index is -0.521. The lowest BCUT2D eigenvalue weighted by molar-refractivity contribution is -0.124. The van der Waals surface area contributed by atoms with Gasteiger partial charge in [0.1, 0.15) is 5.60 Å². The van der Waals surface area contributed by atoms with E-state index >= 15 is 0 Å². The highest BCUT2D eigenvalue weighted by atomic mass is 79.9. The number of likely N-dealkylation sites (tertiary alicyclic amines) is 1. The number of carbonyl (C=O) groups is 2. The summed E-state index contributed by atoms with van der Waals surface area (Å²) in [7, 11) is 0. The number of pyridine rings is 1. The van der Waals surface area contributed by atoms with Gasteiger partial charge in [-0.2, -0.15) is 0 Å². The zero-order valence-corrected chi connectivity index (χ0v) is 13.8. The second-order valence-electron chi connectivity index (χ2n) is 5.96. The van der Waals surface area contributed by atoms with Crippen molar-refractivity contribution < 1.29 is 14.3 Å². The van der Waals surface area contributed by atoms with Crippen LogP contribution in [0.1, 0.15) is 20.8 Å². The van der Waals surface area contributed by atoms with E-state index in [1.807, 2.05) is 20.8 Å². The predicted octanol–water partition coefficient (Wildman–Crippen LogP) is 2.65. The Morgan fingerprint density at radius 1 is 1.38 bits per heavy atom. The fraction of sp³-hybridized carbons (Fsp3) is 0.500. The molecule has 2 amide bonds. The number of carbonyl (C=O) groups excluding carboxylic acids is 2. The summed E-state index contributed by atoms with van der Waals surface area (Å²) in [6, 6.07) is 1.77. The molecule has 0 bridgehead atoms. The molecule has 2 heterocycles. The van der Waals surface area contributed by atoms with Crippen molar-refractivity contribution in [3.8, 4) is 0 Å². The van der Waals surface area contributed by atoms with Gasteiger partial charge in [0.25, 0.3) is 0 Å². The van der Waals surface area contributed by atoms with E-state index in [4.69, 9.17) is 4.74 Å².